The number of fused-ring (bicyclic) bond motifs is 1. The van der Waals surface area contributed by atoms with Crippen molar-refractivity contribution in [2.75, 3.05) is 5.73 Å². The summed E-state index contributed by atoms with van der Waals surface area (Å²) in [7, 11) is 0. The molecule has 2 nitrogen and oxygen atoms in total. The first-order valence-electron chi connectivity index (χ1n) is 5.65. The molecule has 0 spiro atoms. The summed E-state index contributed by atoms with van der Waals surface area (Å²) in [5.41, 5.74) is 8.44. The van der Waals surface area contributed by atoms with E-state index in [1.54, 1.807) is 30.3 Å². The Morgan fingerprint density at radius 3 is 2.44 bits per heavy atom. The Morgan fingerprint density at radius 2 is 1.67 bits per heavy atom. The molecule has 0 saturated heterocycles. The maximum Gasteiger partial charge on any atom is 0.134 e. The number of aromatic nitrogens is 1. The van der Waals surface area contributed by atoms with Gasteiger partial charge in [-0.25, -0.2) is 9.37 Å². The molecule has 0 aliphatic heterocycles. The second kappa shape index (κ2) is 4.11. The topological polar surface area (TPSA) is 38.9 Å². The number of para-hydroxylation sites is 1. The van der Waals surface area contributed by atoms with E-state index in [1.165, 1.54) is 6.07 Å². The first kappa shape index (κ1) is 10.7. The van der Waals surface area contributed by atoms with Crippen LogP contribution in [0.1, 0.15) is 0 Å². The van der Waals surface area contributed by atoms with Gasteiger partial charge in [0.25, 0.3) is 0 Å². The molecule has 18 heavy (non-hydrogen) atoms. The molecule has 0 unspecified atom stereocenters. The van der Waals surface area contributed by atoms with E-state index in [4.69, 9.17) is 5.73 Å². The predicted octanol–water partition coefficient (Wildman–Crippen LogP) is 3.62. The molecule has 0 saturated carbocycles. The molecule has 0 bridgehead atoms. The predicted molar refractivity (Wildman–Crippen MR) is 71.5 cm³/mol. The standard InChI is InChI=1S/C15H11FN2/c16-13-9-15(10-5-7-11(17)8-6-10)18-14-4-2-1-3-12(13)14/h1-9H,17H2. The van der Waals surface area contributed by atoms with Gasteiger partial charge in [0.05, 0.1) is 11.2 Å². The summed E-state index contributed by atoms with van der Waals surface area (Å²) in [6.07, 6.45) is 0. The molecule has 1 aromatic heterocycles. The highest BCUT2D eigenvalue weighted by atomic mass is 19.1. The van der Waals surface area contributed by atoms with Gasteiger partial charge >= 0.3 is 0 Å². The van der Waals surface area contributed by atoms with Crippen LogP contribution in [-0.4, -0.2) is 4.98 Å². The molecular weight excluding hydrogens is 227 g/mol. The van der Waals surface area contributed by atoms with Crippen molar-refractivity contribution in [3.05, 3.63) is 60.4 Å². The second-order valence-corrected chi connectivity index (χ2v) is 4.13. The van der Waals surface area contributed by atoms with Crippen LogP contribution in [0.3, 0.4) is 0 Å². The number of nitrogen functional groups attached to an aromatic ring is 1. The number of hydrogen-bond acceptors (Lipinski definition) is 2. The second-order valence-electron chi connectivity index (χ2n) is 4.13. The van der Waals surface area contributed by atoms with Gasteiger partial charge in [0, 0.05) is 22.7 Å². The Labute approximate surface area is 104 Å². The lowest BCUT2D eigenvalue weighted by molar-refractivity contribution is 0.639. The number of halogens is 1. The van der Waals surface area contributed by atoms with Gasteiger partial charge in [-0.2, -0.15) is 0 Å². The molecule has 2 N–H and O–H groups in total. The van der Waals surface area contributed by atoms with Gasteiger partial charge in [-0.3, -0.25) is 0 Å². The van der Waals surface area contributed by atoms with Gasteiger partial charge in [0.15, 0.2) is 0 Å². The quantitative estimate of drug-likeness (QED) is 0.657. The number of rotatable bonds is 1. The van der Waals surface area contributed by atoms with E-state index in [2.05, 4.69) is 4.98 Å². The average molecular weight is 238 g/mol. The largest absolute Gasteiger partial charge is 0.399 e. The number of anilines is 1. The summed E-state index contributed by atoms with van der Waals surface area (Å²) < 4.78 is 13.9. The van der Waals surface area contributed by atoms with E-state index >= 15 is 0 Å². The third kappa shape index (κ3) is 1.80. The van der Waals surface area contributed by atoms with Gasteiger partial charge in [-0.1, -0.05) is 24.3 Å². The SMILES string of the molecule is Nc1ccc(-c2cc(F)c3ccccc3n2)cc1. The first-order valence-corrected chi connectivity index (χ1v) is 5.65. The Kier molecular flexibility index (Phi) is 2.45. The lowest BCUT2D eigenvalue weighted by atomic mass is 10.1. The Bertz CT molecular complexity index is 705. The monoisotopic (exact) mass is 238 g/mol. The van der Waals surface area contributed by atoms with Crippen LogP contribution in [-0.2, 0) is 0 Å². The lowest BCUT2D eigenvalue weighted by Gasteiger charge is -2.05. The number of hydrogen-bond donors (Lipinski definition) is 1. The number of nitrogens with two attached hydrogens (primary N) is 1. The highest BCUT2D eigenvalue weighted by Gasteiger charge is 2.06. The van der Waals surface area contributed by atoms with Gasteiger partial charge < -0.3 is 5.73 Å². The highest BCUT2D eigenvalue weighted by Crippen LogP contribution is 2.24. The Hall–Kier alpha value is -2.42. The molecule has 88 valence electrons. The summed E-state index contributed by atoms with van der Waals surface area (Å²) in [6.45, 7) is 0. The minimum absolute atomic E-state index is 0.257. The van der Waals surface area contributed by atoms with Crippen LogP contribution in [0.5, 0.6) is 0 Å². The van der Waals surface area contributed by atoms with E-state index < -0.39 is 0 Å². The molecular formula is C15H11FN2. The fraction of sp³-hybridized carbons (Fsp3) is 0. The van der Waals surface area contributed by atoms with Crippen molar-refractivity contribution in [3.63, 3.8) is 0 Å². The van der Waals surface area contributed by atoms with E-state index in [1.807, 2.05) is 18.2 Å². The van der Waals surface area contributed by atoms with Crippen molar-refractivity contribution < 1.29 is 4.39 Å². The van der Waals surface area contributed by atoms with Gasteiger partial charge in [0.1, 0.15) is 5.82 Å². The first-order chi connectivity index (χ1) is 8.74. The Balaban J connectivity index is 2.21. The van der Waals surface area contributed by atoms with Crippen molar-refractivity contribution in [1.82, 2.24) is 4.98 Å². The third-order valence-corrected chi connectivity index (χ3v) is 2.87. The summed E-state index contributed by atoms with van der Waals surface area (Å²) in [5, 5.41) is 0.539. The van der Waals surface area contributed by atoms with Crippen molar-refractivity contribution in [2.24, 2.45) is 0 Å². The van der Waals surface area contributed by atoms with E-state index in [9.17, 15) is 4.39 Å². The molecule has 0 fully saturated rings. The molecule has 3 heteroatoms. The van der Waals surface area contributed by atoms with Crippen LogP contribution in [0, 0.1) is 5.82 Å². The molecule has 0 aliphatic rings. The van der Waals surface area contributed by atoms with Crippen LogP contribution in [0.15, 0.2) is 54.6 Å². The number of pyridine rings is 1. The third-order valence-electron chi connectivity index (χ3n) is 2.87. The molecule has 2 aromatic carbocycles. The zero-order chi connectivity index (χ0) is 12.5. The van der Waals surface area contributed by atoms with Gasteiger partial charge in [-0.05, 0) is 24.3 Å². The van der Waals surface area contributed by atoms with Crippen LogP contribution < -0.4 is 5.73 Å². The van der Waals surface area contributed by atoms with E-state index in [-0.39, 0.29) is 5.82 Å². The zero-order valence-corrected chi connectivity index (χ0v) is 9.60. The van der Waals surface area contributed by atoms with Gasteiger partial charge in [-0.15, -0.1) is 0 Å². The smallest absolute Gasteiger partial charge is 0.134 e. The van der Waals surface area contributed by atoms with Crippen molar-refractivity contribution in [1.29, 1.82) is 0 Å². The molecule has 3 rings (SSSR count). The van der Waals surface area contributed by atoms with Crippen molar-refractivity contribution >= 4 is 16.6 Å². The Morgan fingerprint density at radius 1 is 0.944 bits per heavy atom. The minimum atomic E-state index is -0.257. The summed E-state index contributed by atoms with van der Waals surface area (Å²) in [5.74, 6) is -0.257. The molecule has 0 atom stereocenters. The number of nitrogens with zero attached hydrogens (tertiary/aromatic N) is 1. The van der Waals surface area contributed by atoms with E-state index in [0.29, 0.717) is 22.3 Å². The fourth-order valence-electron chi connectivity index (χ4n) is 1.93. The number of benzene rings is 2. The normalized spacial score (nSPS) is 10.7. The summed E-state index contributed by atoms with van der Waals surface area (Å²) >= 11 is 0. The van der Waals surface area contributed by atoms with Crippen LogP contribution >= 0.6 is 0 Å². The lowest BCUT2D eigenvalue weighted by Crippen LogP contribution is -1.90. The molecule has 1 heterocycles. The average Bonchev–Trinajstić information content (AvgIpc) is 2.39. The highest BCUT2D eigenvalue weighted by molar-refractivity contribution is 5.82. The van der Waals surface area contributed by atoms with E-state index in [0.717, 1.165) is 5.56 Å². The minimum Gasteiger partial charge on any atom is -0.399 e. The summed E-state index contributed by atoms with van der Waals surface area (Å²) in [4.78, 5) is 4.46. The molecule has 0 amide bonds. The summed E-state index contributed by atoms with van der Waals surface area (Å²) in [6, 6.07) is 15.9. The van der Waals surface area contributed by atoms with Crippen LogP contribution in [0.4, 0.5) is 10.1 Å². The maximum atomic E-state index is 13.9. The molecule has 3 aromatic rings. The van der Waals surface area contributed by atoms with Crippen molar-refractivity contribution in [3.8, 4) is 11.3 Å². The van der Waals surface area contributed by atoms with Gasteiger partial charge in [0.2, 0.25) is 0 Å². The molecule has 0 aliphatic carbocycles. The fourth-order valence-corrected chi connectivity index (χ4v) is 1.93. The zero-order valence-electron chi connectivity index (χ0n) is 9.60. The molecule has 0 radical (unpaired) electrons. The van der Waals surface area contributed by atoms with Crippen LogP contribution in [0.25, 0.3) is 22.2 Å². The maximum absolute atomic E-state index is 13.9. The van der Waals surface area contributed by atoms with Crippen molar-refractivity contribution in [2.45, 2.75) is 0 Å². The van der Waals surface area contributed by atoms with Crippen LogP contribution in [0.2, 0.25) is 0 Å².